The number of carbonyl (C=O) groups excluding carboxylic acids is 1. The van der Waals surface area contributed by atoms with Crippen LogP contribution in [0.25, 0.3) is 0 Å². The Kier molecular flexibility index (Phi) is 4.90. The van der Waals surface area contributed by atoms with E-state index in [4.69, 9.17) is 5.11 Å². The minimum atomic E-state index is -0.487. The van der Waals surface area contributed by atoms with E-state index in [1.165, 1.54) is 12.1 Å². The van der Waals surface area contributed by atoms with E-state index in [1.807, 2.05) is 0 Å². The molecule has 94 valence electrons. The van der Waals surface area contributed by atoms with Gasteiger partial charge in [0.2, 0.25) is 0 Å². The number of carbonyl (C=O) groups is 1. The molecule has 0 fully saturated rings. The molecule has 1 aromatic rings. The van der Waals surface area contributed by atoms with Gasteiger partial charge in [0, 0.05) is 6.04 Å². The normalized spacial score (nSPS) is 13.9. The number of aliphatic hydroxyl groups excluding tert-OH is 1. The molecule has 3 N–H and O–H groups in total. The van der Waals surface area contributed by atoms with Crippen molar-refractivity contribution >= 4 is 11.7 Å². The SMILES string of the molecule is CC(O)CC(C)NC(=O)Nc1ccccc1F. The van der Waals surface area contributed by atoms with Crippen LogP contribution in [-0.4, -0.2) is 23.3 Å². The summed E-state index contributed by atoms with van der Waals surface area (Å²) in [6.07, 6.45) is -0.0382. The number of amides is 2. The summed E-state index contributed by atoms with van der Waals surface area (Å²) < 4.78 is 13.2. The van der Waals surface area contributed by atoms with Gasteiger partial charge in [-0.15, -0.1) is 0 Å². The highest BCUT2D eigenvalue weighted by molar-refractivity contribution is 5.89. The third-order valence-corrected chi connectivity index (χ3v) is 2.19. The van der Waals surface area contributed by atoms with Gasteiger partial charge in [-0.05, 0) is 32.4 Å². The van der Waals surface area contributed by atoms with Crippen molar-refractivity contribution in [1.82, 2.24) is 5.32 Å². The van der Waals surface area contributed by atoms with Crippen molar-refractivity contribution in [3.05, 3.63) is 30.1 Å². The summed E-state index contributed by atoms with van der Waals surface area (Å²) >= 11 is 0. The molecule has 0 heterocycles. The highest BCUT2D eigenvalue weighted by atomic mass is 19.1. The first-order valence-corrected chi connectivity index (χ1v) is 5.49. The van der Waals surface area contributed by atoms with Gasteiger partial charge in [0.25, 0.3) is 0 Å². The Morgan fingerprint density at radius 2 is 2.06 bits per heavy atom. The van der Waals surface area contributed by atoms with Gasteiger partial charge in [0.1, 0.15) is 5.82 Å². The fourth-order valence-electron chi connectivity index (χ4n) is 1.52. The van der Waals surface area contributed by atoms with Gasteiger partial charge in [-0.2, -0.15) is 0 Å². The Hall–Kier alpha value is -1.62. The predicted molar refractivity (Wildman–Crippen MR) is 64.3 cm³/mol. The molecule has 2 unspecified atom stereocenters. The van der Waals surface area contributed by atoms with E-state index in [-0.39, 0.29) is 11.7 Å². The van der Waals surface area contributed by atoms with Crippen LogP contribution in [0.4, 0.5) is 14.9 Å². The van der Waals surface area contributed by atoms with Crippen molar-refractivity contribution in [2.75, 3.05) is 5.32 Å². The molecule has 2 amide bonds. The second-order valence-corrected chi connectivity index (χ2v) is 4.06. The lowest BCUT2D eigenvalue weighted by Gasteiger charge is -2.16. The molecule has 0 aliphatic heterocycles. The number of para-hydroxylation sites is 1. The molecule has 0 radical (unpaired) electrons. The molecular formula is C12H17FN2O2. The molecule has 0 aliphatic carbocycles. The lowest BCUT2D eigenvalue weighted by molar-refractivity contribution is 0.171. The van der Waals surface area contributed by atoms with Crippen LogP contribution in [-0.2, 0) is 0 Å². The van der Waals surface area contributed by atoms with Crippen molar-refractivity contribution in [3.63, 3.8) is 0 Å². The zero-order valence-corrected chi connectivity index (χ0v) is 9.90. The van der Waals surface area contributed by atoms with E-state index in [0.29, 0.717) is 6.42 Å². The Labute approximate surface area is 99.8 Å². The number of hydrogen-bond donors (Lipinski definition) is 3. The van der Waals surface area contributed by atoms with Gasteiger partial charge in [0.15, 0.2) is 0 Å². The van der Waals surface area contributed by atoms with Crippen LogP contribution in [0.3, 0.4) is 0 Å². The average Bonchev–Trinajstić information content (AvgIpc) is 2.19. The molecule has 1 rings (SSSR count). The third kappa shape index (κ3) is 4.82. The van der Waals surface area contributed by atoms with Crippen LogP contribution >= 0.6 is 0 Å². The summed E-state index contributed by atoms with van der Waals surface area (Å²) in [5.41, 5.74) is 0.134. The van der Waals surface area contributed by atoms with E-state index in [2.05, 4.69) is 10.6 Å². The summed E-state index contributed by atoms with van der Waals surface area (Å²) in [6, 6.07) is 5.28. The highest BCUT2D eigenvalue weighted by Gasteiger charge is 2.11. The molecule has 1 aromatic carbocycles. The fraction of sp³-hybridized carbons (Fsp3) is 0.417. The predicted octanol–water partition coefficient (Wildman–Crippen LogP) is 2.11. The second-order valence-electron chi connectivity index (χ2n) is 4.06. The molecule has 0 spiro atoms. The van der Waals surface area contributed by atoms with Gasteiger partial charge in [-0.3, -0.25) is 0 Å². The topological polar surface area (TPSA) is 61.4 Å². The Balaban J connectivity index is 2.47. The van der Waals surface area contributed by atoms with Crippen LogP contribution < -0.4 is 10.6 Å². The minimum absolute atomic E-state index is 0.134. The number of urea groups is 1. The summed E-state index contributed by atoms with van der Waals surface area (Å²) in [6.45, 7) is 3.42. The number of hydrogen-bond acceptors (Lipinski definition) is 2. The smallest absolute Gasteiger partial charge is 0.319 e. The first-order valence-electron chi connectivity index (χ1n) is 5.49. The summed E-state index contributed by atoms with van der Waals surface area (Å²) in [5, 5.41) is 14.2. The number of nitrogens with one attached hydrogen (secondary N) is 2. The van der Waals surface area contributed by atoms with E-state index >= 15 is 0 Å². The molecule has 2 atom stereocenters. The summed E-state index contributed by atoms with van der Waals surface area (Å²) in [5.74, 6) is -0.481. The molecular weight excluding hydrogens is 223 g/mol. The molecule has 4 nitrogen and oxygen atoms in total. The fourth-order valence-corrected chi connectivity index (χ4v) is 1.52. The Morgan fingerprint density at radius 1 is 1.41 bits per heavy atom. The highest BCUT2D eigenvalue weighted by Crippen LogP contribution is 2.12. The molecule has 0 aromatic heterocycles. The van der Waals surface area contributed by atoms with E-state index in [0.717, 1.165) is 0 Å². The van der Waals surface area contributed by atoms with E-state index in [9.17, 15) is 9.18 Å². The quantitative estimate of drug-likeness (QED) is 0.754. The van der Waals surface area contributed by atoms with E-state index < -0.39 is 18.0 Å². The average molecular weight is 240 g/mol. The van der Waals surface area contributed by atoms with Gasteiger partial charge in [0.05, 0.1) is 11.8 Å². The van der Waals surface area contributed by atoms with Crippen LogP contribution in [0.1, 0.15) is 20.3 Å². The number of anilines is 1. The Bertz CT molecular complexity index is 383. The summed E-state index contributed by atoms with van der Waals surface area (Å²) in [7, 11) is 0. The van der Waals surface area contributed by atoms with Crippen LogP contribution in [0.5, 0.6) is 0 Å². The number of rotatable bonds is 4. The molecule has 0 aliphatic rings. The standard InChI is InChI=1S/C12H17FN2O2/c1-8(7-9(2)16)14-12(17)15-11-6-4-3-5-10(11)13/h3-6,8-9,16H,7H2,1-2H3,(H2,14,15,17). The maximum Gasteiger partial charge on any atom is 0.319 e. The minimum Gasteiger partial charge on any atom is -0.393 e. The number of aliphatic hydroxyl groups is 1. The molecule has 5 heteroatoms. The third-order valence-electron chi connectivity index (χ3n) is 2.19. The van der Waals surface area contributed by atoms with Crippen LogP contribution in [0.15, 0.2) is 24.3 Å². The van der Waals surface area contributed by atoms with Crippen molar-refractivity contribution in [2.24, 2.45) is 0 Å². The van der Waals surface area contributed by atoms with Gasteiger partial charge in [-0.1, -0.05) is 12.1 Å². The van der Waals surface area contributed by atoms with Crippen molar-refractivity contribution in [2.45, 2.75) is 32.4 Å². The number of halogens is 1. The van der Waals surface area contributed by atoms with Gasteiger partial charge in [-0.25, -0.2) is 9.18 Å². The Morgan fingerprint density at radius 3 is 2.65 bits per heavy atom. The van der Waals surface area contributed by atoms with Crippen molar-refractivity contribution in [3.8, 4) is 0 Å². The number of benzene rings is 1. The summed E-state index contributed by atoms with van der Waals surface area (Å²) in [4.78, 5) is 11.5. The molecule has 0 bridgehead atoms. The van der Waals surface area contributed by atoms with Crippen molar-refractivity contribution in [1.29, 1.82) is 0 Å². The van der Waals surface area contributed by atoms with Crippen LogP contribution in [0, 0.1) is 5.82 Å². The zero-order chi connectivity index (χ0) is 12.8. The maximum absolute atomic E-state index is 13.2. The molecule has 0 saturated carbocycles. The van der Waals surface area contributed by atoms with E-state index in [1.54, 1.807) is 26.0 Å². The van der Waals surface area contributed by atoms with Gasteiger partial charge >= 0.3 is 6.03 Å². The van der Waals surface area contributed by atoms with Gasteiger partial charge < -0.3 is 15.7 Å². The van der Waals surface area contributed by atoms with Crippen molar-refractivity contribution < 1.29 is 14.3 Å². The molecule has 17 heavy (non-hydrogen) atoms. The lowest BCUT2D eigenvalue weighted by Crippen LogP contribution is -2.37. The first-order chi connectivity index (χ1) is 7.99. The van der Waals surface area contributed by atoms with Crippen LogP contribution in [0.2, 0.25) is 0 Å². The monoisotopic (exact) mass is 240 g/mol. The second kappa shape index (κ2) is 6.20. The first kappa shape index (κ1) is 13.4. The molecule has 0 saturated heterocycles. The largest absolute Gasteiger partial charge is 0.393 e. The lowest BCUT2D eigenvalue weighted by atomic mass is 10.2. The zero-order valence-electron chi connectivity index (χ0n) is 9.90. The maximum atomic E-state index is 13.2.